The highest BCUT2D eigenvalue weighted by Crippen LogP contribution is 2.34. The van der Waals surface area contributed by atoms with E-state index in [0.717, 1.165) is 29.5 Å². The molecule has 2 aromatic heterocycles. The topological polar surface area (TPSA) is 67.7 Å². The normalized spacial score (nSPS) is 16.5. The number of ether oxygens (including phenoxy) is 1. The van der Waals surface area contributed by atoms with Gasteiger partial charge in [0.25, 0.3) is 11.5 Å². The van der Waals surface area contributed by atoms with Crippen LogP contribution in [0.2, 0.25) is 0 Å². The van der Waals surface area contributed by atoms with Crippen LogP contribution >= 0.6 is 11.3 Å². The van der Waals surface area contributed by atoms with Gasteiger partial charge in [0, 0.05) is 38.1 Å². The minimum atomic E-state index is -0.0275. The Morgan fingerprint density at radius 3 is 2.61 bits per heavy atom. The Kier molecular flexibility index (Phi) is 5.17. The second kappa shape index (κ2) is 8.00. The molecule has 8 heteroatoms. The molecule has 0 saturated carbocycles. The molecule has 0 unspecified atom stereocenters. The van der Waals surface area contributed by atoms with Crippen LogP contribution in [0.5, 0.6) is 5.75 Å². The summed E-state index contributed by atoms with van der Waals surface area (Å²) in [6.45, 7) is 2.42. The molecule has 2 aliphatic rings. The van der Waals surface area contributed by atoms with Gasteiger partial charge in [-0.1, -0.05) is 12.1 Å². The first-order valence-electron chi connectivity index (χ1n) is 10.8. The van der Waals surface area contributed by atoms with E-state index in [2.05, 4.69) is 4.90 Å². The maximum absolute atomic E-state index is 13.2. The molecule has 0 bridgehead atoms. The largest absolute Gasteiger partial charge is 0.496 e. The minimum Gasteiger partial charge on any atom is -0.496 e. The van der Waals surface area contributed by atoms with Gasteiger partial charge >= 0.3 is 0 Å². The Hall–Kier alpha value is -2.87. The lowest BCUT2D eigenvalue weighted by molar-refractivity contribution is 0.0742. The number of methoxy groups -OCH3 is 1. The lowest BCUT2D eigenvalue weighted by Crippen LogP contribution is -2.50. The fraction of sp³-hybridized carbons (Fsp3) is 0.435. The number of aryl methyl sites for hydroxylation is 2. The predicted octanol–water partition coefficient (Wildman–Crippen LogP) is 2.84. The molecule has 1 fully saturated rings. The standard InChI is InChI=1S/C23H26N4O3S/c1-25-22(29)19-16-8-4-6-10-18(16)31-20(19)24-23(25)27-13-11-26(12-14-27)21(28)15-7-3-5-9-17(15)30-2/h3,5,7,9H,4,6,8,10-14H2,1-2H3. The second-order valence-corrected chi connectivity index (χ2v) is 9.23. The van der Waals surface area contributed by atoms with E-state index in [1.165, 1.54) is 16.9 Å². The lowest BCUT2D eigenvalue weighted by atomic mass is 9.97. The van der Waals surface area contributed by atoms with Crippen LogP contribution in [0.3, 0.4) is 0 Å². The van der Waals surface area contributed by atoms with Crippen molar-refractivity contribution in [3.8, 4) is 5.75 Å². The van der Waals surface area contributed by atoms with E-state index >= 15 is 0 Å². The number of nitrogens with zero attached hydrogens (tertiary/aromatic N) is 4. The third-order valence-corrected chi connectivity index (χ3v) is 7.55. The van der Waals surface area contributed by atoms with E-state index in [9.17, 15) is 9.59 Å². The summed E-state index contributed by atoms with van der Waals surface area (Å²) in [4.78, 5) is 37.2. The van der Waals surface area contributed by atoms with Gasteiger partial charge in [0.15, 0.2) is 0 Å². The van der Waals surface area contributed by atoms with Gasteiger partial charge in [0.1, 0.15) is 10.6 Å². The van der Waals surface area contributed by atoms with E-state index in [0.29, 0.717) is 43.4 Å². The Morgan fingerprint density at radius 1 is 1.10 bits per heavy atom. The van der Waals surface area contributed by atoms with Crippen LogP contribution in [0.15, 0.2) is 29.1 Å². The summed E-state index contributed by atoms with van der Waals surface area (Å²) < 4.78 is 7.03. The third-order valence-electron chi connectivity index (χ3n) is 6.36. The number of piperazine rings is 1. The van der Waals surface area contributed by atoms with Crippen LogP contribution in [0, 0.1) is 0 Å². The van der Waals surface area contributed by atoms with Gasteiger partial charge in [-0.05, 0) is 43.4 Å². The lowest BCUT2D eigenvalue weighted by Gasteiger charge is -2.36. The molecule has 0 radical (unpaired) electrons. The first-order chi connectivity index (χ1) is 15.1. The first kappa shape index (κ1) is 20.1. The van der Waals surface area contributed by atoms with Crippen LogP contribution in [0.1, 0.15) is 33.6 Å². The summed E-state index contributed by atoms with van der Waals surface area (Å²) in [5.41, 5.74) is 1.85. The molecule has 1 aliphatic carbocycles. The molecule has 1 aromatic carbocycles. The van der Waals surface area contributed by atoms with Crippen molar-refractivity contribution in [3.63, 3.8) is 0 Å². The second-order valence-electron chi connectivity index (χ2n) is 8.15. The molecule has 0 spiro atoms. The fourth-order valence-electron chi connectivity index (χ4n) is 4.66. The highest BCUT2D eigenvalue weighted by Gasteiger charge is 2.27. The molecule has 1 aliphatic heterocycles. The van der Waals surface area contributed by atoms with Crippen molar-refractivity contribution in [3.05, 3.63) is 50.6 Å². The molecule has 31 heavy (non-hydrogen) atoms. The summed E-state index contributed by atoms with van der Waals surface area (Å²) in [6, 6.07) is 7.31. The van der Waals surface area contributed by atoms with E-state index in [1.807, 2.05) is 24.1 Å². The Morgan fingerprint density at radius 2 is 1.84 bits per heavy atom. The SMILES string of the molecule is COc1ccccc1C(=O)N1CCN(c2nc3sc4c(c3c(=O)n2C)CCCC4)CC1. The van der Waals surface area contributed by atoms with Crippen molar-refractivity contribution in [2.75, 3.05) is 38.2 Å². The Labute approximate surface area is 184 Å². The number of hydrogen-bond acceptors (Lipinski definition) is 6. The van der Waals surface area contributed by atoms with Gasteiger partial charge in [-0.3, -0.25) is 14.2 Å². The monoisotopic (exact) mass is 438 g/mol. The van der Waals surface area contributed by atoms with Crippen molar-refractivity contribution in [1.82, 2.24) is 14.5 Å². The number of amides is 1. The van der Waals surface area contributed by atoms with Crippen molar-refractivity contribution in [1.29, 1.82) is 0 Å². The van der Waals surface area contributed by atoms with Gasteiger partial charge in [0.05, 0.1) is 18.1 Å². The van der Waals surface area contributed by atoms with Crippen molar-refractivity contribution >= 4 is 33.4 Å². The highest BCUT2D eigenvalue weighted by molar-refractivity contribution is 7.18. The Bertz CT molecular complexity index is 1210. The van der Waals surface area contributed by atoms with Crippen LogP contribution in [-0.4, -0.2) is 53.6 Å². The summed E-state index contributed by atoms with van der Waals surface area (Å²) >= 11 is 1.68. The maximum Gasteiger partial charge on any atom is 0.263 e. The van der Waals surface area contributed by atoms with E-state index in [-0.39, 0.29) is 11.5 Å². The van der Waals surface area contributed by atoms with Gasteiger partial charge in [-0.25, -0.2) is 4.98 Å². The molecule has 3 heterocycles. The maximum atomic E-state index is 13.2. The molecule has 5 rings (SSSR count). The highest BCUT2D eigenvalue weighted by atomic mass is 32.1. The number of anilines is 1. The van der Waals surface area contributed by atoms with Crippen LogP contribution in [0.25, 0.3) is 10.2 Å². The number of fused-ring (bicyclic) bond motifs is 3. The molecule has 7 nitrogen and oxygen atoms in total. The molecule has 3 aromatic rings. The number of benzene rings is 1. The zero-order valence-electron chi connectivity index (χ0n) is 17.9. The van der Waals surface area contributed by atoms with Crippen molar-refractivity contribution < 1.29 is 9.53 Å². The smallest absolute Gasteiger partial charge is 0.263 e. The van der Waals surface area contributed by atoms with Crippen molar-refractivity contribution in [2.24, 2.45) is 7.05 Å². The Balaban J connectivity index is 1.39. The van der Waals surface area contributed by atoms with Crippen LogP contribution in [0.4, 0.5) is 5.95 Å². The van der Waals surface area contributed by atoms with E-state index in [4.69, 9.17) is 9.72 Å². The zero-order chi connectivity index (χ0) is 21.5. The number of carbonyl (C=O) groups excluding carboxylic acids is 1. The van der Waals surface area contributed by atoms with Gasteiger partial charge in [0.2, 0.25) is 5.95 Å². The first-order valence-corrected chi connectivity index (χ1v) is 11.6. The molecule has 162 valence electrons. The van der Waals surface area contributed by atoms with Crippen LogP contribution < -0.4 is 15.2 Å². The fourth-order valence-corrected chi connectivity index (χ4v) is 5.91. The van der Waals surface area contributed by atoms with E-state index in [1.54, 1.807) is 35.1 Å². The van der Waals surface area contributed by atoms with Crippen LogP contribution in [-0.2, 0) is 19.9 Å². The number of para-hydroxylation sites is 1. The number of thiophene rings is 1. The summed E-state index contributed by atoms with van der Waals surface area (Å²) in [5, 5.41) is 0.816. The summed E-state index contributed by atoms with van der Waals surface area (Å²) in [7, 11) is 3.39. The summed E-state index contributed by atoms with van der Waals surface area (Å²) in [6.07, 6.45) is 4.37. The molecule has 1 amide bonds. The molecule has 1 saturated heterocycles. The number of rotatable bonds is 3. The molecule has 0 N–H and O–H groups in total. The van der Waals surface area contributed by atoms with Gasteiger partial charge in [-0.2, -0.15) is 0 Å². The summed E-state index contributed by atoms with van der Waals surface area (Å²) in [5.74, 6) is 1.26. The molecular weight excluding hydrogens is 412 g/mol. The average molecular weight is 439 g/mol. The third kappa shape index (κ3) is 3.39. The van der Waals surface area contributed by atoms with E-state index < -0.39 is 0 Å². The predicted molar refractivity (Wildman–Crippen MR) is 123 cm³/mol. The molecular formula is C23H26N4O3S. The number of aromatic nitrogens is 2. The minimum absolute atomic E-state index is 0.0275. The number of hydrogen-bond donors (Lipinski definition) is 0. The van der Waals surface area contributed by atoms with Gasteiger partial charge in [-0.15, -0.1) is 11.3 Å². The van der Waals surface area contributed by atoms with Crippen molar-refractivity contribution in [2.45, 2.75) is 25.7 Å². The molecule has 0 atom stereocenters. The quantitative estimate of drug-likeness (QED) is 0.629. The average Bonchev–Trinajstić information content (AvgIpc) is 3.19. The van der Waals surface area contributed by atoms with Gasteiger partial charge < -0.3 is 14.5 Å². The number of carbonyl (C=O) groups is 1. The zero-order valence-corrected chi connectivity index (χ0v) is 18.7.